The van der Waals surface area contributed by atoms with Crippen LogP contribution in [0.5, 0.6) is 0 Å². The second kappa shape index (κ2) is 4.92. The van der Waals surface area contributed by atoms with Gasteiger partial charge in [0.15, 0.2) is 0 Å². The summed E-state index contributed by atoms with van der Waals surface area (Å²) in [6.07, 6.45) is 9.12. The largest absolute Gasteiger partial charge is 0.378 e. The molecule has 0 aromatic carbocycles. The van der Waals surface area contributed by atoms with Crippen molar-refractivity contribution in [3.8, 4) is 0 Å². The third kappa shape index (κ3) is 3.41. The fourth-order valence-corrected chi connectivity index (χ4v) is 2.09. The van der Waals surface area contributed by atoms with Crippen LogP contribution >= 0.6 is 0 Å². The predicted octanol–water partition coefficient (Wildman–Crippen LogP) is 2.70. The highest BCUT2D eigenvalue weighted by molar-refractivity contribution is 5.78. The number of ether oxygens (including phenoxy) is 1. The monoisotopic (exact) mass is 196 g/mol. The smallest absolute Gasteiger partial charge is 0.133 e. The van der Waals surface area contributed by atoms with E-state index >= 15 is 0 Å². The molecule has 0 aromatic rings. The summed E-state index contributed by atoms with van der Waals surface area (Å²) >= 11 is 0. The summed E-state index contributed by atoms with van der Waals surface area (Å²) < 4.78 is 5.49. The van der Waals surface area contributed by atoms with Gasteiger partial charge in [-0.1, -0.05) is 12.8 Å². The predicted molar refractivity (Wildman–Crippen MR) is 55.2 cm³/mol. The van der Waals surface area contributed by atoms with Gasteiger partial charge in [0.2, 0.25) is 0 Å². The van der Waals surface area contributed by atoms with Gasteiger partial charge < -0.3 is 4.74 Å². The second-order valence-corrected chi connectivity index (χ2v) is 4.69. The van der Waals surface area contributed by atoms with Crippen LogP contribution in [-0.2, 0) is 9.53 Å². The zero-order chi connectivity index (χ0) is 9.80. The molecular formula is C12H20O2. The first-order valence-electron chi connectivity index (χ1n) is 5.98. The van der Waals surface area contributed by atoms with E-state index in [-0.39, 0.29) is 0 Å². The minimum absolute atomic E-state index is 0.389. The molecule has 2 fully saturated rings. The molecule has 0 radical (unpaired) electrons. The topological polar surface area (TPSA) is 26.3 Å². The molecule has 1 atom stereocenters. The first kappa shape index (κ1) is 10.2. The Kier molecular flexibility index (Phi) is 3.57. The van der Waals surface area contributed by atoms with E-state index in [0.29, 0.717) is 11.9 Å². The molecule has 80 valence electrons. The van der Waals surface area contributed by atoms with Crippen molar-refractivity contribution in [2.75, 3.05) is 6.61 Å². The summed E-state index contributed by atoms with van der Waals surface area (Å²) in [5, 5.41) is 0. The maximum Gasteiger partial charge on any atom is 0.133 e. The Hall–Kier alpha value is -0.370. The van der Waals surface area contributed by atoms with Crippen LogP contribution in [-0.4, -0.2) is 18.5 Å². The first-order valence-corrected chi connectivity index (χ1v) is 5.98. The van der Waals surface area contributed by atoms with Crippen LogP contribution in [0, 0.1) is 5.92 Å². The number of carbonyl (C=O) groups is 1. The van der Waals surface area contributed by atoms with Gasteiger partial charge in [0.05, 0.1) is 6.10 Å². The average molecular weight is 196 g/mol. The standard InChI is InChI=1S/C12H20O2/c13-11(6-5-10-3-4-10)7-8-12-2-1-9-14-12/h10,12H,1-9H2. The number of carbonyl (C=O) groups excluding carboxylic acids is 1. The fraction of sp³-hybridized carbons (Fsp3) is 0.917. The summed E-state index contributed by atoms with van der Waals surface area (Å²) in [6.45, 7) is 0.904. The molecule has 1 aliphatic carbocycles. The van der Waals surface area contributed by atoms with Crippen molar-refractivity contribution in [1.82, 2.24) is 0 Å². The molecule has 1 heterocycles. The molecule has 1 unspecified atom stereocenters. The summed E-state index contributed by atoms with van der Waals surface area (Å²) in [4.78, 5) is 11.5. The van der Waals surface area contributed by atoms with Gasteiger partial charge in [-0.3, -0.25) is 4.79 Å². The minimum atomic E-state index is 0.389. The molecular weight excluding hydrogens is 176 g/mol. The quantitative estimate of drug-likeness (QED) is 0.653. The average Bonchev–Trinajstić information content (AvgIpc) is 2.87. The van der Waals surface area contributed by atoms with Gasteiger partial charge >= 0.3 is 0 Å². The number of Topliss-reactive ketones (excluding diaryl/α,β-unsaturated/α-hetero) is 1. The molecule has 2 aliphatic rings. The van der Waals surface area contributed by atoms with E-state index in [1.165, 1.54) is 19.3 Å². The zero-order valence-electron chi connectivity index (χ0n) is 8.84. The SMILES string of the molecule is O=C(CCC1CC1)CCC1CCCO1. The second-order valence-electron chi connectivity index (χ2n) is 4.69. The van der Waals surface area contributed by atoms with Gasteiger partial charge in [-0.25, -0.2) is 0 Å². The van der Waals surface area contributed by atoms with Crippen molar-refractivity contribution in [2.45, 2.75) is 57.5 Å². The van der Waals surface area contributed by atoms with E-state index in [1.54, 1.807) is 0 Å². The molecule has 2 rings (SSSR count). The van der Waals surface area contributed by atoms with Crippen LogP contribution in [0.2, 0.25) is 0 Å². The fourth-order valence-electron chi connectivity index (χ4n) is 2.09. The summed E-state index contributed by atoms with van der Waals surface area (Å²) in [6, 6.07) is 0. The lowest BCUT2D eigenvalue weighted by Gasteiger charge is -2.07. The Morgan fingerprint density at radius 2 is 1.93 bits per heavy atom. The molecule has 1 saturated carbocycles. The molecule has 2 heteroatoms. The Balaban J connectivity index is 1.52. The first-order chi connectivity index (χ1) is 6.84. The van der Waals surface area contributed by atoms with E-state index in [0.717, 1.165) is 44.6 Å². The summed E-state index contributed by atoms with van der Waals surface area (Å²) in [7, 11) is 0. The molecule has 1 aliphatic heterocycles. The number of hydrogen-bond acceptors (Lipinski definition) is 2. The van der Waals surface area contributed by atoms with E-state index in [9.17, 15) is 4.79 Å². The molecule has 0 bridgehead atoms. The number of ketones is 1. The highest BCUT2D eigenvalue weighted by Gasteiger charge is 2.22. The Morgan fingerprint density at radius 3 is 2.57 bits per heavy atom. The number of rotatable bonds is 6. The lowest BCUT2D eigenvalue weighted by molar-refractivity contribution is -0.119. The third-order valence-electron chi connectivity index (χ3n) is 3.30. The van der Waals surface area contributed by atoms with Crippen LogP contribution in [0.25, 0.3) is 0 Å². The maximum absolute atomic E-state index is 11.5. The lowest BCUT2D eigenvalue weighted by atomic mass is 10.0. The molecule has 0 N–H and O–H groups in total. The van der Waals surface area contributed by atoms with Gasteiger partial charge in [0.1, 0.15) is 5.78 Å². The Morgan fingerprint density at radius 1 is 1.14 bits per heavy atom. The Bertz CT molecular complexity index is 190. The van der Waals surface area contributed by atoms with Gasteiger partial charge in [-0.2, -0.15) is 0 Å². The van der Waals surface area contributed by atoms with Crippen LogP contribution < -0.4 is 0 Å². The summed E-state index contributed by atoms with van der Waals surface area (Å²) in [5.74, 6) is 1.34. The van der Waals surface area contributed by atoms with Gasteiger partial charge in [0.25, 0.3) is 0 Å². The van der Waals surface area contributed by atoms with Crippen molar-refractivity contribution >= 4 is 5.78 Å². The third-order valence-corrected chi connectivity index (χ3v) is 3.30. The van der Waals surface area contributed by atoms with Crippen molar-refractivity contribution in [3.63, 3.8) is 0 Å². The van der Waals surface area contributed by atoms with E-state index in [1.807, 2.05) is 0 Å². The maximum atomic E-state index is 11.5. The normalized spacial score (nSPS) is 26.7. The molecule has 2 nitrogen and oxygen atoms in total. The molecule has 0 aromatic heterocycles. The van der Waals surface area contributed by atoms with Crippen molar-refractivity contribution in [3.05, 3.63) is 0 Å². The van der Waals surface area contributed by atoms with Crippen molar-refractivity contribution < 1.29 is 9.53 Å². The van der Waals surface area contributed by atoms with Gasteiger partial charge in [-0.05, 0) is 31.6 Å². The van der Waals surface area contributed by atoms with Gasteiger partial charge in [-0.15, -0.1) is 0 Å². The van der Waals surface area contributed by atoms with Gasteiger partial charge in [0, 0.05) is 19.4 Å². The summed E-state index contributed by atoms with van der Waals surface area (Å²) in [5.41, 5.74) is 0. The lowest BCUT2D eigenvalue weighted by Crippen LogP contribution is -2.08. The Labute approximate surface area is 86.0 Å². The zero-order valence-corrected chi connectivity index (χ0v) is 8.84. The highest BCUT2D eigenvalue weighted by Crippen LogP contribution is 2.33. The van der Waals surface area contributed by atoms with Crippen LogP contribution in [0.15, 0.2) is 0 Å². The molecule has 14 heavy (non-hydrogen) atoms. The van der Waals surface area contributed by atoms with Crippen molar-refractivity contribution in [2.24, 2.45) is 5.92 Å². The van der Waals surface area contributed by atoms with Crippen LogP contribution in [0.3, 0.4) is 0 Å². The van der Waals surface area contributed by atoms with E-state index in [4.69, 9.17) is 4.74 Å². The van der Waals surface area contributed by atoms with Crippen LogP contribution in [0.4, 0.5) is 0 Å². The molecule has 0 amide bonds. The number of hydrogen-bond donors (Lipinski definition) is 0. The molecule has 0 spiro atoms. The van der Waals surface area contributed by atoms with Crippen molar-refractivity contribution in [1.29, 1.82) is 0 Å². The van der Waals surface area contributed by atoms with E-state index < -0.39 is 0 Å². The van der Waals surface area contributed by atoms with Crippen LogP contribution in [0.1, 0.15) is 51.4 Å². The minimum Gasteiger partial charge on any atom is -0.378 e. The highest BCUT2D eigenvalue weighted by atomic mass is 16.5. The molecule has 1 saturated heterocycles. The van der Waals surface area contributed by atoms with E-state index in [2.05, 4.69) is 0 Å².